The fourth-order valence-corrected chi connectivity index (χ4v) is 3.31. The molecule has 1 N–H and O–H groups in total. The Balaban J connectivity index is 1.40. The molecular weight excluding hydrogens is 366 g/mol. The van der Waals surface area contributed by atoms with Gasteiger partial charge in [-0.3, -0.25) is 9.48 Å². The molecule has 1 amide bonds. The first-order valence-corrected chi connectivity index (χ1v) is 9.44. The summed E-state index contributed by atoms with van der Waals surface area (Å²) in [5.74, 6) is 1.14. The summed E-state index contributed by atoms with van der Waals surface area (Å²) in [5.41, 5.74) is 2.33. The first kappa shape index (κ1) is 17.3. The summed E-state index contributed by atoms with van der Waals surface area (Å²) in [4.78, 5) is 23.6. The van der Waals surface area contributed by atoms with Crippen molar-refractivity contribution in [1.29, 1.82) is 0 Å². The van der Waals surface area contributed by atoms with E-state index in [0.29, 0.717) is 11.4 Å². The SMILES string of the molecule is Cn1cc(-c2ccc3cnc(NC(=O)c4ccnc(N5CCC5)c4)cc3c2)nn1. The lowest BCUT2D eigenvalue weighted by Crippen LogP contribution is -2.37. The molecule has 0 atom stereocenters. The Kier molecular flexibility index (Phi) is 4.16. The quantitative estimate of drug-likeness (QED) is 0.581. The Morgan fingerprint density at radius 3 is 2.72 bits per heavy atom. The molecule has 4 heterocycles. The smallest absolute Gasteiger partial charge is 0.257 e. The van der Waals surface area contributed by atoms with Gasteiger partial charge in [0.05, 0.1) is 6.20 Å². The molecule has 5 rings (SSSR count). The fraction of sp³-hybridized carbons (Fsp3) is 0.190. The van der Waals surface area contributed by atoms with E-state index in [4.69, 9.17) is 0 Å². The predicted octanol–water partition coefficient (Wildman–Crippen LogP) is 2.89. The average Bonchev–Trinajstić information content (AvgIpc) is 3.13. The Morgan fingerprint density at radius 1 is 1.07 bits per heavy atom. The lowest BCUT2D eigenvalue weighted by atomic mass is 10.1. The van der Waals surface area contributed by atoms with E-state index in [1.165, 1.54) is 0 Å². The number of benzene rings is 1. The van der Waals surface area contributed by atoms with Crippen LogP contribution in [0.1, 0.15) is 16.8 Å². The molecule has 0 saturated carbocycles. The number of aromatic nitrogens is 5. The molecule has 8 heteroatoms. The summed E-state index contributed by atoms with van der Waals surface area (Å²) >= 11 is 0. The van der Waals surface area contributed by atoms with Crippen LogP contribution in [0, 0.1) is 0 Å². The van der Waals surface area contributed by atoms with E-state index >= 15 is 0 Å². The zero-order valence-corrected chi connectivity index (χ0v) is 15.9. The maximum Gasteiger partial charge on any atom is 0.257 e. The van der Waals surface area contributed by atoms with Gasteiger partial charge in [-0.2, -0.15) is 0 Å². The van der Waals surface area contributed by atoms with Crippen molar-refractivity contribution < 1.29 is 4.79 Å². The van der Waals surface area contributed by atoms with Crippen LogP contribution in [0.5, 0.6) is 0 Å². The molecule has 0 spiro atoms. The van der Waals surface area contributed by atoms with Crippen molar-refractivity contribution in [3.63, 3.8) is 0 Å². The van der Waals surface area contributed by atoms with Gasteiger partial charge in [-0.05, 0) is 36.1 Å². The summed E-state index contributed by atoms with van der Waals surface area (Å²) in [5, 5.41) is 13.0. The number of hydrogen-bond acceptors (Lipinski definition) is 6. The van der Waals surface area contributed by atoms with Crippen molar-refractivity contribution in [3.05, 3.63) is 60.6 Å². The molecule has 8 nitrogen and oxygen atoms in total. The number of rotatable bonds is 4. The fourth-order valence-electron chi connectivity index (χ4n) is 3.31. The summed E-state index contributed by atoms with van der Waals surface area (Å²) in [6.07, 6.45) is 6.45. The van der Waals surface area contributed by atoms with Crippen molar-refractivity contribution in [2.75, 3.05) is 23.3 Å². The summed E-state index contributed by atoms with van der Waals surface area (Å²) < 4.78 is 1.67. The van der Waals surface area contributed by atoms with Gasteiger partial charge in [0, 0.05) is 49.0 Å². The van der Waals surface area contributed by atoms with E-state index in [1.807, 2.05) is 43.6 Å². The number of anilines is 2. The molecule has 0 aliphatic carbocycles. The molecule has 0 radical (unpaired) electrons. The van der Waals surface area contributed by atoms with Gasteiger partial charge in [0.1, 0.15) is 17.3 Å². The van der Waals surface area contributed by atoms with E-state index in [-0.39, 0.29) is 5.91 Å². The standard InChI is InChI=1S/C21H19N7O/c1-27-13-18(25-26-27)14-3-4-16-12-23-19(10-17(16)9-14)24-21(29)15-5-6-22-20(11-15)28-7-2-8-28/h3-6,9-13H,2,7-8H2,1H3,(H,23,24,29). The zero-order valence-electron chi connectivity index (χ0n) is 15.9. The van der Waals surface area contributed by atoms with Gasteiger partial charge in [-0.1, -0.05) is 17.3 Å². The monoisotopic (exact) mass is 385 g/mol. The van der Waals surface area contributed by atoms with Crippen molar-refractivity contribution in [2.24, 2.45) is 7.05 Å². The maximum absolute atomic E-state index is 12.7. The van der Waals surface area contributed by atoms with Gasteiger partial charge >= 0.3 is 0 Å². The third-order valence-corrected chi connectivity index (χ3v) is 5.05. The molecule has 144 valence electrons. The highest BCUT2D eigenvalue weighted by atomic mass is 16.1. The van der Waals surface area contributed by atoms with Crippen LogP contribution in [0.4, 0.5) is 11.6 Å². The van der Waals surface area contributed by atoms with Crippen LogP contribution in [-0.2, 0) is 7.05 Å². The van der Waals surface area contributed by atoms with Crippen molar-refractivity contribution in [3.8, 4) is 11.3 Å². The molecular formula is C21H19N7O. The van der Waals surface area contributed by atoms with Crippen LogP contribution < -0.4 is 10.2 Å². The second-order valence-corrected chi connectivity index (χ2v) is 7.11. The van der Waals surface area contributed by atoms with Crippen LogP contribution in [0.15, 0.2) is 55.0 Å². The lowest BCUT2D eigenvalue weighted by molar-refractivity contribution is 0.102. The second-order valence-electron chi connectivity index (χ2n) is 7.11. The van der Waals surface area contributed by atoms with Crippen molar-refractivity contribution in [2.45, 2.75) is 6.42 Å². The third-order valence-electron chi connectivity index (χ3n) is 5.05. The molecule has 1 aromatic carbocycles. The molecule has 4 aromatic rings. The van der Waals surface area contributed by atoms with Crippen LogP contribution in [-0.4, -0.2) is 44.0 Å². The number of nitrogens with zero attached hydrogens (tertiary/aromatic N) is 6. The van der Waals surface area contributed by atoms with Gasteiger partial charge < -0.3 is 10.2 Å². The normalized spacial score (nSPS) is 13.3. The predicted molar refractivity (Wildman–Crippen MR) is 111 cm³/mol. The Hall–Kier alpha value is -3.81. The number of hydrogen-bond donors (Lipinski definition) is 1. The van der Waals surface area contributed by atoms with Gasteiger partial charge in [-0.15, -0.1) is 5.10 Å². The topological polar surface area (TPSA) is 88.8 Å². The van der Waals surface area contributed by atoms with E-state index in [9.17, 15) is 4.79 Å². The van der Waals surface area contributed by atoms with Gasteiger partial charge in [0.25, 0.3) is 5.91 Å². The number of amides is 1. The van der Waals surface area contributed by atoms with Crippen LogP contribution in [0.3, 0.4) is 0 Å². The molecule has 3 aromatic heterocycles. The highest BCUT2D eigenvalue weighted by Gasteiger charge is 2.17. The van der Waals surface area contributed by atoms with Crippen molar-refractivity contribution >= 4 is 28.3 Å². The first-order chi connectivity index (χ1) is 14.2. The molecule has 1 aliphatic rings. The van der Waals surface area contributed by atoms with Gasteiger partial charge in [-0.25, -0.2) is 9.97 Å². The highest BCUT2D eigenvalue weighted by molar-refractivity contribution is 6.05. The number of nitrogens with one attached hydrogen (secondary N) is 1. The van der Waals surface area contributed by atoms with Crippen LogP contribution in [0.25, 0.3) is 22.0 Å². The van der Waals surface area contributed by atoms with Gasteiger partial charge in [0.15, 0.2) is 0 Å². The molecule has 29 heavy (non-hydrogen) atoms. The number of fused-ring (bicyclic) bond motifs is 1. The largest absolute Gasteiger partial charge is 0.356 e. The van der Waals surface area contributed by atoms with Crippen LogP contribution in [0.2, 0.25) is 0 Å². The van der Waals surface area contributed by atoms with E-state index in [1.54, 1.807) is 23.1 Å². The molecule has 1 fully saturated rings. The number of carbonyl (C=O) groups excluding carboxylic acids is 1. The van der Waals surface area contributed by atoms with E-state index in [0.717, 1.165) is 47.4 Å². The first-order valence-electron chi connectivity index (χ1n) is 9.44. The highest BCUT2D eigenvalue weighted by Crippen LogP contribution is 2.24. The molecule has 0 unspecified atom stereocenters. The zero-order chi connectivity index (χ0) is 19.8. The number of pyridine rings is 2. The number of aryl methyl sites for hydroxylation is 1. The van der Waals surface area contributed by atoms with E-state index < -0.39 is 0 Å². The second kappa shape index (κ2) is 6.97. The maximum atomic E-state index is 12.7. The number of carbonyl (C=O) groups is 1. The minimum Gasteiger partial charge on any atom is -0.356 e. The Morgan fingerprint density at radius 2 is 1.97 bits per heavy atom. The Bertz CT molecular complexity index is 1210. The average molecular weight is 385 g/mol. The molecule has 1 aliphatic heterocycles. The minimum absolute atomic E-state index is 0.203. The van der Waals surface area contributed by atoms with Gasteiger partial charge in [0.2, 0.25) is 0 Å². The van der Waals surface area contributed by atoms with Crippen molar-refractivity contribution in [1.82, 2.24) is 25.0 Å². The third kappa shape index (κ3) is 3.40. The summed E-state index contributed by atoms with van der Waals surface area (Å²) in [6, 6.07) is 11.4. The molecule has 0 bridgehead atoms. The van der Waals surface area contributed by atoms with E-state index in [2.05, 4.69) is 30.5 Å². The Labute approximate surface area is 167 Å². The van der Waals surface area contributed by atoms with Crippen LogP contribution >= 0.6 is 0 Å². The minimum atomic E-state index is -0.203. The summed E-state index contributed by atoms with van der Waals surface area (Å²) in [7, 11) is 1.83. The lowest BCUT2D eigenvalue weighted by Gasteiger charge is -2.32. The molecule has 1 saturated heterocycles. The summed E-state index contributed by atoms with van der Waals surface area (Å²) in [6.45, 7) is 1.97.